The molecule has 0 aromatic carbocycles. The van der Waals surface area contributed by atoms with Gasteiger partial charge in [0.05, 0.1) is 0 Å². The molecular weight excluding hydrogens is 212 g/mol. The van der Waals surface area contributed by atoms with Crippen LogP contribution in [0.25, 0.3) is 0 Å². The summed E-state index contributed by atoms with van der Waals surface area (Å²) in [6.45, 7) is 1.97. The second kappa shape index (κ2) is 6.01. The smallest absolute Gasteiger partial charge is 0.218 e. The third-order valence-corrected chi connectivity index (χ3v) is 3.37. The van der Waals surface area contributed by atoms with Crippen molar-refractivity contribution in [2.75, 3.05) is 0 Å². The van der Waals surface area contributed by atoms with Crippen molar-refractivity contribution in [2.45, 2.75) is 57.6 Å². The lowest BCUT2D eigenvalue weighted by atomic mass is 10.1. The zero-order chi connectivity index (χ0) is 12.1. The average molecular weight is 234 g/mol. The maximum Gasteiger partial charge on any atom is 0.218 e. The van der Waals surface area contributed by atoms with Crippen LogP contribution in [0, 0.1) is 0 Å². The van der Waals surface area contributed by atoms with Gasteiger partial charge in [-0.15, -0.1) is 0 Å². The number of pyridine rings is 1. The van der Waals surface area contributed by atoms with Gasteiger partial charge in [-0.05, 0) is 38.7 Å². The van der Waals surface area contributed by atoms with E-state index in [1.165, 1.54) is 25.7 Å². The Morgan fingerprint density at radius 1 is 1.29 bits per heavy atom. The van der Waals surface area contributed by atoms with Gasteiger partial charge in [-0.2, -0.15) is 0 Å². The van der Waals surface area contributed by atoms with E-state index in [-0.39, 0.29) is 6.04 Å². The second-order valence-electron chi connectivity index (χ2n) is 4.92. The molecule has 1 fully saturated rings. The van der Waals surface area contributed by atoms with Crippen LogP contribution in [-0.4, -0.2) is 11.1 Å². The van der Waals surface area contributed by atoms with E-state index < -0.39 is 0 Å². The molecule has 0 bridgehead atoms. The molecule has 2 rings (SSSR count). The van der Waals surface area contributed by atoms with Crippen LogP contribution in [-0.2, 0) is 0 Å². The Balaban J connectivity index is 2.06. The zero-order valence-corrected chi connectivity index (χ0v) is 10.6. The van der Waals surface area contributed by atoms with Crippen molar-refractivity contribution in [1.29, 1.82) is 0 Å². The molecule has 1 aromatic heterocycles. The third kappa shape index (κ3) is 3.43. The molecule has 3 heteroatoms. The van der Waals surface area contributed by atoms with Gasteiger partial charge in [-0.25, -0.2) is 4.98 Å². The fourth-order valence-electron chi connectivity index (χ4n) is 2.37. The molecule has 0 saturated heterocycles. The normalized spacial score (nSPS) is 19.6. The largest absolute Gasteiger partial charge is 0.474 e. The van der Waals surface area contributed by atoms with Gasteiger partial charge in [0, 0.05) is 17.8 Å². The Hall–Kier alpha value is -1.09. The van der Waals surface area contributed by atoms with Gasteiger partial charge in [-0.3, -0.25) is 0 Å². The molecule has 1 aromatic rings. The van der Waals surface area contributed by atoms with Crippen molar-refractivity contribution in [3.63, 3.8) is 0 Å². The van der Waals surface area contributed by atoms with Crippen molar-refractivity contribution in [3.8, 4) is 5.88 Å². The number of hydrogen-bond acceptors (Lipinski definition) is 3. The molecular formula is C14H22N2O. The summed E-state index contributed by atoms with van der Waals surface area (Å²) in [6.07, 6.45) is 9.60. The maximum atomic E-state index is 6.04. The maximum absolute atomic E-state index is 6.04. The van der Waals surface area contributed by atoms with Crippen LogP contribution < -0.4 is 10.5 Å². The molecule has 0 spiro atoms. The molecule has 94 valence electrons. The van der Waals surface area contributed by atoms with E-state index in [2.05, 4.69) is 4.98 Å². The van der Waals surface area contributed by atoms with E-state index >= 15 is 0 Å². The zero-order valence-electron chi connectivity index (χ0n) is 10.6. The van der Waals surface area contributed by atoms with E-state index in [1.54, 1.807) is 6.20 Å². The SMILES string of the molecule is CC(N)c1cccnc1OC1CCCCCC1. The Morgan fingerprint density at radius 2 is 2.00 bits per heavy atom. The van der Waals surface area contributed by atoms with Gasteiger partial charge in [0.1, 0.15) is 6.10 Å². The second-order valence-corrected chi connectivity index (χ2v) is 4.92. The van der Waals surface area contributed by atoms with Crippen LogP contribution in [0.5, 0.6) is 5.88 Å². The molecule has 2 N–H and O–H groups in total. The summed E-state index contributed by atoms with van der Waals surface area (Å²) in [5.41, 5.74) is 6.94. The van der Waals surface area contributed by atoms with Gasteiger partial charge in [-0.1, -0.05) is 18.9 Å². The Labute approximate surface area is 103 Å². The number of aromatic nitrogens is 1. The molecule has 1 heterocycles. The Morgan fingerprint density at radius 3 is 2.65 bits per heavy atom. The highest BCUT2D eigenvalue weighted by molar-refractivity contribution is 5.28. The summed E-state index contributed by atoms with van der Waals surface area (Å²) < 4.78 is 6.04. The van der Waals surface area contributed by atoms with E-state index in [9.17, 15) is 0 Å². The van der Waals surface area contributed by atoms with Gasteiger partial charge in [0.25, 0.3) is 0 Å². The minimum absolute atomic E-state index is 0.0236. The molecule has 1 saturated carbocycles. The van der Waals surface area contributed by atoms with Crippen molar-refractivity contribution in [3.05, 3.63) is 23.9 Å². The Bertz CT molecular complexity index is 344. The lowest BCUT2D eigenvalue weighted by Crippen LogP contribution is -2.18. The number of nitrogens with two attached hydrogens (primary N) is 1. The minimum atomic E-state index is -0.0236. The highest BCUT2D eigenvalue weighted by atomic mass is 16.5. The first-order valence-electron chi connectivity index (χ1n) is 6.64. The van der Waals surface area contributed by atoms with Crippen molar-refractivity contribution in [2.24, 2.45) is 5.73 Å². The van der Waals surface area contributed by atoms with Gasteiger partial charge >= 0.3 is 0 Å². The molecule has 1 unspecified atom stereocenters. The molecule has 17 heavy (non-hydrogen) atoms. The monoisotopic (exact) mass is 234 g/mol. The van der Waals surface area contributed by atoms with Crippen molar-refractivity contribution < 1.29 is 4.74 Å². The first-order chi connectivity index (χ1) is 8.27. The van der Waals surface area contributed by atoms with Crippen LogP contribution in [0.2, 0.25) is 0 Å². The lowest BCUT2D eigenvalue weighted by molar-refractivity contribution is 0.173. The lowest BCUT2D eigenvalue weighted by Gasteiger charge is -2.19. The molecule has 1 aliphatic rings. The van der Waals surface area contributed by atoms with Gasteiger partial charge in [0.15, 0.2) is 0 Å². The molecule has 1 aliphatic carbocycles. The summed E-state index contributed by atoms with van der Waals surface area (Å²) >= 11 is 0. The highest BCUT2D eigenvalue weighted by Crippen LogP contribution is 2.26. The number of nitrogens with zero attached hydrogens (tertiary/aromatic N) is 1. The van der Waals surface area contributed by atoms with Gasteiger partial charge in [0.2, 0.25) is 5.88 Å². The summed E-state index contributed by atoms with van der Waals surface area (Å²) in [4.78, 5) is 4.32. The number of rotatable bonds is 3. The number of hydrogen-bond donors (Lipinski definition) is 1. The molecule has 1 atom stereocenters. The highest BCUT2D eigenvalue weighted by Gasteiger charge is 2.17. The van der Waals surface area contributed by atoms with E-state index in [0.29, 0.717) is 6.10 Å². The average Bonchev–Trinajstić information content (AvgIpc) is 2.58. The van der Waals surface area contributed by atoms with E-state index in [0.717, 1.165) is 24.3 Å². The van der Waals surface area contributed by atoms with Gasteiger partial charge < -0.3 is 10.5 Å². The molecule has 0 amide bonds. The molecule has 3 nitrogen and oxygen atoms in total. The van der Waals surface area contributed by atoms with Crippen LogP contribution >= 0.6 is 0 Å². The van der Waals surface area contributed by atoms with E-state index in [4.69, 9.17) is 10.5 Å². The first-order valence-corrected chi connectivity index (χ1v) is 6.64. The summed E-state index contributed by atoms with van der Waals surface area (Å²) in [7, 11) is 0. The first kappa shape index (κ1) is 12.4. The fourth-order valence-corrected chi connectivity index (χ4v) is 2.37. The predicted octanol–water partition coefficient (Wildman–Crippen LogP) is 3.20. The topological polar surface area (TPSA) is 48.1 Å². The van der Waals surface area contributed by atoms with Crippen LogP contribution in [0.15, 0.2) is 18.3 Å². The van der Waals surface area contributed by atoms with Crippen molar-refractivity contribution >= 4 is 0 Å². The van der Waals surface area contributed by atoms with Crippen molar-refractivity contribution in [1.82, 2.24) is 4.98 Å². The predicted molar refractivity (Wildman–Crippen MR) is 69.0 cm³/mol. The van der Waals surface area contributed by atoms with Crippen LogP contribution in [0.1, 0.15) is 57.1 Å². The summed E-state index contributed by atoms with van der Waals surface area (Å²) in [6, 6.07) is 3.90. The summed E-state index contributed by atoms with van der Waals surface area (Å²) in [5, 5.41) is 0. The van der Waals surface area contributed by atoms with Crippen LogP contribution in [0.4, 0.5) is 0 Å². The third-order valence-electron chi connectivity index (χ3n) is 3.37. The standard InChI is InChI=1S/C14H22N2O/c1-11(15)13-9-6-10-16-14(13)17-12-7-4-2-3-5-8-12/h6,9-12H,2-5,7-8,15H2,1H3. The Kier molecular flexibility index (Phi) is 4.37. The fraction of sp³-hybridized carbons (Fsp3) is 0.643. The van der Waals surface area contributed by atoms with Crippen LogP contribution in [0.3, 0.4) is 0 Å². The van der Waals surface area contributed by atoms with E-state index in [1.807, 2.05) is 19.1 Å². The minimum Gasteiger partial charge on any atom is -0.474 e. The number of ether oxygens (including phenoxy) is 1. The quantitative estimate of drug-likeness (QED) is 0.817. The summed E-state index contributed by atoms with van der Waals surface area (Å²) in [5.74, 6) is 0.731. The molecule has 0 aliphatic heterocycles. The molecule has 0 radical (unpaired) electrons.